The lowest BCUT2D eigenvalue weighted by molar-refractivity contribution is -0.108. The lowest BCUT2D eigenvalue weighted by atomic mass is 10.00. The summed E-state index contributed by atoms with van der Waals surface area (Å²) in [7, 11) is 0. The topological polar surface area (TPSA) is 47.8 Å². The molecule has 0 amide bonds. The largest absolute Gasteiger partial charge is 0.487 e. The zero-order valence-corrected chi connectivity index (χ0v) is 17.9. The SMILES string of the molecule is CCc1c(C(=O)C(=O)Cl)c2c(OCc3ccccc3)cccn2c1Cc1ccccc1. The number of benzene rings is 2. The van der Waals surface area contributed by atoms with Crippen molar-refractivity contribution in [2.45, 2.75) is 26.4 Å². The van der Waals surface area contributed by atoms with Crippen LogP contribution < -0.4 is 4.74 Å². The number of fused-ring (bicyclic) bond motifs is 1. The molecule has 0 N–H and O–H groups in total. The Morgan fingerprint density at radius 2 is 1.55 bits per heavy atom. The molecule has 0 fully saturated rings. The van der Waals surface area contributed by atoms with Crippen molar-refractivity contribution < 1.29 is 14.3 Å². The van der Waals surface area contributed by atoms with Gasteiger partial charge in [0.2, 0.25) is 5.78 Å². The number of carbonyl (C=O) groups excluding carboxylic acids is 2. The average Bonchev–Trinajstić information content (AvgIpc) is 3.12. The van der Waals surface area contributed by atoms with E-state index in [0.717, 1.165) is 22.4 Å². The minimum Gasteiger partial charge on any atom is -0.487 e. The van der Waals surface area contributed by atoms with E-state index in [1.807, 2.05) is 90.3 Å². The van der Waals surface area contributed by atoms with E-state index in [2.05, 4.69) is 0 Å². The second-order valence-electron chi connectivity index (χ2n) is 7.28. The van der Waals surface area contributed by atoms with E-state index in [0.29, 0.717) is 36.3 Å². The fourth-order valence-corrected chi connectivity index (χ4v) is 4.04. The number of halogens is 1. The molecule has 2 aromatic carbocycles. The van der Waals surface area contributed by atoms with Crippen molar-refractivity contribution in [2.75, 3.05) is 0 Å². The monoisotopic (exact) mass is 431 g/mol. The van der Waals surface area contributed by atoms with Crippen LogP contribution in [0.15, 0.2) is 79.0 Å². The molecule has 2 heterocycles. The molecular weight excluding hydrogens is 410 g/mol. The summed E-state index contributed by atoms with van der Waals surface area (Å²) in [5, 5.41) is -0.994. The maximum atomic E-state index is 12.9. The molecule has 4 rings (SSSR count). The van der Waals surface area contributed by atoms with Gasteiger partial charge in [-0.3, -0.25) is 9.59 Å². The van der Waals surface area contributed by atoms with Crippen LogP contribution in [0.3, 0.4) is 0 Å². The number of aromatic nitrogens is 1. The highest BCUT2D eigenvalue weighted by Crippen LogP contribution is 2.34. The van der Waals surface area contributed by atoms with Gasteiger partial charge in [0.1, 0.15) is 12.4 Å². The number of pyridine rings is 1. The van der Waals surface area contributed by atoms with Gasteiger partial charge in [-0.05, 0) is 46.8 Å². The Morgan fingerprint density at radius 1 is 0.903 bits per heavy atom. The van der Waals surface area contributed by atoms with E-state index in [-0.39, 0.29) is 0 Å². The molecule has 0 saturated heterocycles. The van der Waals surface area contributed by atoms with E-state index < -0.39 is 11.0 Å². The molecule has 156 valence electrons. The predicted octanol–water partition coefficient (Wildman–Crippen LogP) is 5.62. The third kappa shape index (κ3) is 4.25. The van der Waals surface area contributed by atoms with Crippen LogP contribution in [-0.4, -0.2) is 15.4 Å². The molecule has 5 heteroatoms. The first-order valence-corrected chi connectivity index (χ1v) is 10.6. The number of carbonyl (C=O) groups is 2. The minimum atomic E-state index is -0.994. The Bertz CT molecular complexity index is 1230. The first-order chi connectivity index (χ1) is 15.1. The molecule has 0 aliphatic heterocycles. The van der Waals surface area contributed by atoms with Crippen LogP contribution in [0.5, 0.6) is 5.75 Å². The van der Waals surface area contributed by atoms with Gasteiger partial charge in [-0.1, -0.05) is 67.6 Å². The highest BCUT2D eigenvalue weighted by atomic mass is 35.5. The van der Waals surface area contributed by atoms with Gasteiger partial charge in [0.25, 0.3) is 5.24 Å². The van der Waals surface area contributed by atoms with Crippen molar-refractivity contribution in [1.82, 2.24) is 4.40 Å². The summed E-state index contributed by atoms with van der Waals surface area (Å²) in [5.41, 5.74) is 4.81. The van der Waals surface area contributed by atoms with E-state index in [4.69, 9.17) is 16.3 Å². The van der Waals surface area contributed by atoms with Gasteiger partial charge in [0.15, 0.2) is 0 Å². The van der Waals surface area contributed by atoms with E-state index in [9.17, 15) is 9.59 Å². The maximum Gasteiger partial charge on any atom is 0.293 e. The first kappa shape index (κ1) is 20.9. The third-order valence-electron chi connectivity index (χ3n) is 5.35. The van der Waals surface area contributed by atoms with E-state index >= 15 is 0 Å². The molecule has 0 atom stereocenters. The number of rotatable bonds is 8. The Balaban J connectivity index is 1.87. The fraction of sp³-hybridized carbons (Fsp3) is 0.154. The Labute approximate surface area is 186 Å². The molecule has 0 aliphatic carbocycles. The number of ether oxygens (including phenoxy) is 1. The van der Waals surface area contributed by atoms with Gasteiger partial charge in [-0.25, -0.2) is 0 Å². The quantitative estimate of drug-likeness (QED) is 0.207. The van der Waals surface area contributed by atoms with Crippen LogP contribution in [0.4, 0.5) is 0 Å². The summed E-state index contributed by atoms with van der Waals surface area (Å²) in [4.78, 5) is 24.8. The molecule has 2 aromatic heterocycles. The van der Waals surface area contributed by atoms with Gasteiger partial charge < -0.3 is 9.14 Å². The van der Waals surface area contributed by atoms with E-state index in [1.165, 1.54) is 0 Å². The van der Waals surface area contributed by atoms with Gasteiger partial charge in [-0.2, -0.15) is 0 Å². The molecule has 4 nitrogen and oxygen atoms in total. The summed E-state index contributed by atoms with van der Waals surface area (Å²) in [6.45, 7) is 2.33. The van der Waals surface area contributed by atoms with E-state index in [1.54, 1.807) is 0 Å². The van der Waals surface area contributed by atoms with Crippen molar-refractivity contribution >= 4 is 28.1 Å². The Morgan fingerprint density at radius 3 is 2.16 bits per heavy atom. The van der Waals surface area contributed by atoms with Crippen LogP contribution >= 0.6 is 11.6 Å². The molecule has 31 heavy (non-hydrogen) atoms. The first-order valence-electron chi connectivity index (χ1n) is 10.2. The molecule has 0 bridgehead atoms. The van der Waals surface area contributed by atoms with Crippen LogP contribution in [0.25, 0.3) is 5.52 Å². The van der Waals surface area contributed by atoms with Crippen LogP contribution in [0.1, 0.15) is 39.7 Å². The third-order valence-corrected chi connectivity index (χ3v) is 5.52. The van der Waals surface area contributed by atoms with Crippen LogP contribution in [-0.2, 0) is 24.2 Å². The standard InChI is InChI=1S/C26H22ClNO3/c1-2-20-21(16-18-10-5-3-6-11-18)28-15-9-14-22(24(28)23(20)25(29)26(27)30)31-17-19-12-7-4-8-13-19/h3-15H,2,16-17H2,1H3. The predicted molar refractivity (Wildman–Crippen MR) is 122 cm³/mol. The van der Waals surface area contributed by atoms with Gasteiger partial charge in [0, 0.05) is 18.3 Å². The summed E-state index contributed by atoms with van der Waals surface area (Å²) < 4.78 is 8.07. The molecule has 4 aromatic rings. The molecule has 0 unspecified atom stereocenters. The van der Waals surface area contributed by atoms with Crippen molar-refractivity contribution in [3.05, 3.63) is 107 Å². The number of ketones is 1. The van der Waals surface area contributed by atoms with Crippen molar-refractivity contribution in [3.63, 3.8) is 0 Å². The highest BCUT2D eigenvalue weighted by molar-refractivity contribution is 6.83. The smallest absolute Gasteiger partial charge is 0.293 e. The lowest BCUT2D eigenvalue weighted by Crippen LogP contribution is -2.10. The summed E-state index contributed by atoms with van der Waals surface area (Å²) in [6, 6.07) is 23.5. The number of hydrogen-bond acceptors (Lipinski definition) is 3. The summed E-state index contributed by atoms with van der Waals surface area (Å²) in [5.74, 6) is -0.160. The van der Waals surface area contributed by atoms with Gasteiger partial charge in [-0.15, -0.1) is 0 Å². The Kier molecular flexibility index (Phi) is 6.19. The summed E-state index contributed by atoms with van der Waals surface area (Å²) >= 11 is 5.65. The Hall–Kier alpha value is -3.37. The lowest BCUT2D eigenvalue weighted by Gasteiger charge is -2.10. The molecule has 0 spiro atoms. The second-order valence-corrected chi connectivity index (χ2v) is 7.63. The molecule has 0 saturated carbocycles. The summed E-state index contributed by atoms with van der Waals surface area (Å²) in [6.07, 6.45) is 3.11. The molecule has 0 radical (unpaired) electrons. The average molecular weight is 432 g/mol. The number of Topliss-reactive ketones (excluding diaryl/α,β-unsaturated/α-hetero) is 1. The fourth-order valence-electron chi connectivity index (χ4n) is 3.95. The zero-order valence-electron chi connectivity index (χ0n) is 17.2. The normalized spacial score (nSPS) is 10.9. The minimum absolute atomic E-state index is 0.331. The van der Waals surface area contributed by atoms with Crippen LogP contribution in [0.2, 0.25) is 0 Å². The highest BCUT2D eigenvalue weighted by Gasteiger charge is 2.28. The molecular formula is C26H22ClNO3. The zero-order chi connectivity index (χ0) is 21.8. The maximum absolute atomic E-state index is 12.9. The van der Waals surface area contributed by atoms with Crippen molar-refractivity contribution in [3.8, 4) is 5.75 Å². The van der Waals surface area contributed by atoms with Gasteiger partial charge >= 0.3 is 0 Å². The van der Waals surface area contributed by atoms with Crippen molar-refractivity contribution in [2.24, 2.45) is 0 Å². The second kappa shape index (κ2) is 9.19. The number of nitrogens with zero attached hydrogens (tertiary/aromatic N) is 1. The molecule has 0 aliphatic rings. The van der Waals surface area contributed by atoms with Gasteiger partial charge in [0.05, 0.1) is 11.1 Å². The van der Waals surface area contributed by atoms with Crippen molar-refractivity contribution in [1.29, 1.82) is 0 Å². The van der Waals surface area contributed by atoms with Crippen LogP contribution in [0, 0.1) is 0 Å². The number of hydrogen-bond donors (Lipinski definition) is 0.